The summed E-state index contributed by atoms with van der Waals surface area (Å²) in [7, 11) is -4.36. The first-order valence-corrected chi connectivity index (χ1v) is 14.0. The van der Waals surface area contributed by atoms with Crippen LogP contribution in [0.15, 0.2) is 83.9 Å². The second kappa shape index (κ2) is 11.2. The number of nitrogens with one attached hydrogen (secondary N) is 3. The van der Waals surface area contributed by atoms with Gasteiger partial charge in [0.25, 0.3) is 27.7 Å². The summed E-state index contributed by atoms with van der Waals surface area (Å²) in [5, 5.41) is 5.65. The Kier molecular flexibility index (Phi) is 7.55. The molecule has 0 aliphatic carbocycles. The lowest BCUT2D eigenvalue weighted by Gasteiger charge is -2.34. The van der Waals surface area contributed by atoms with Crippen LogP contribution in [0.1, 0.15) is 20.7 Å². The summed E-state index contributed by atoms with van der Waals surface area (Å²) in [5.41, 5.74) is 1.77. The molecule has 3 aromatic carbocycles. The van der Waals surface area contributed by atoms with Gasteiger partial charge in [-0.2, -0.15) is 8.42 Å². The number of Topliss-reactive ketones (excluding diaryl/α,β-unsaturated/α-hetero) is 1. The number of H-pyrrole nitrogens is 1. The molecule has 1 aliphatic rings. The number of ketones is 1. The molecule has 4 amide bonds. The standard InChI is InChI=1S/C28H25N5O7S/c34-25(27(36)33-15-13-32(14-16-33)26(35)18-5-2-1-3-6-18)22-17-29-24-21(22)7-4-8-23(24)31-28(37)30-19-9-11-20(12-10-19)41(38,39)40/h1-12,17,29H,13-16H2,(H2,30,31,37)(H,38,39,40). The molecule has 5 rings (SSSR count). The summed E-state index contributed by atoms with van der Waals surface area (Å²) >= 11 is 0. The Morgan fingerprint density at radius 3 is 2.10 bits per heavy atom. The van der Waals surface area contributed by atoms with Gasteiger partial charge in [-0.1, -0.05) is 30.3 Å². The van der Waals surface area contributed by atoms with Crippen molar-refractivity contribution in [2.75, 3.05) is 36.8 Å². The van der Waals surface area contributed by atoms with Crippen LogP contribution >= 0.6 is 0 Å². The smallest absolute Gasteiger partial charge is 0.323 e. The highest BCUT2D eigenvalue weighted by Crippen LogP contribution is 2.27. The van der Waals surface area contributed by atoms with Gasteiger partial charge in [-0.05, 0) is 42.5 Å². The number of anilines is 2. The lowest BCUT2D eigenvalue weighted by atomic mass is 10.1. The van der Waals surface area contributed by atoms with Crippen molar-refractivity contribution in [2.45, 2.75) is 4.90 Å². The molecule has 2 heterocycles. The number of para-hydroxylation sites is 1. The van der Waals surface area contributed by atoms with Gasteiger partial charge in [0, 0.05) is 49.0 Å². The number of aromatic amines is 1. The van der Waals surface area contributed by atoms with Crippen molar-refractivity contribution in [1.29, 1.82) is 0 Å². The highest BCUT2D eigenvalue weighted by atomic mass is 32.2. The van der Waals surface area contributed by atoms with Crippen molar-refractivity contribution in [3.05, 3.63) is 90.1 Å². The van der Waals surface area contributed by atoms with E-state index in [1.165, 1.54) is 23.2 Å². The number of urea groups is 1. The topological polar surface area (TPSA) is 169 Å². The van der Waals surface area contributed by atoms with E-state index in [9.17, 15) is 27.6 Å². The minimum absolute atomic E-state index is 0.125. The average molecular weight is 576 g/mol. The first-order chi connectivity index (χ1) is 19.6. The molecule has 1 fully saturated rings. The van der Waals surface area contributed by atoms with Gasteiger partial charge in [0.15, 0.2) is 0 Å². The Hall–Kier alpha value is -5.01. The van der Waals surface area contributed by atoms with E-state index in [0.717, 1.165) is 12.1 Å². The molecule has 1 aliphatic heterocycles. The molecule has 210 valence electrons. The number of piperazine rings is 1. The fourth-order valence-electron chi connectivity index (χ4n) is 4.58. The Labute approximate surface area is 234 Å². The van der Waals surface area contributed by atoms with Crippen LogP contribution < -0.4 is 10.6 Å². The van der Waals surface area contributed by atoms with Crippen molar-refractivity contribution in [3.8, 4) is 0 Å². The van der Waals surface area contributed by atoms with Crippen molar-refractivity contribution in [2.24, 2.45) is 0 Å². The summed E-state index contributed by atoms with van der Waals surface area (Å²) in [6.07, 6.45) is 1.41. The zero-order chi connectivity index (χ0) is 29.1. The van der Waals surface area contributed by atoms with E-state index in [2.05, 4.69) is 15.6 Å². The van der Waals surface area contributed by atoms with Crippen LogP contribution in [0.4, 0.5) is 16.2 Å². The van der Waals surface area contributed by atoms with Crippen LogP contribution in [-0.2, 0) is 14.9 Å². The van der Waals surface area contributed by atoms with Crippen LogP contribution in [0, 0.1) is 0 Å². The molecule has 0 bridgehead atoms. The maximum Gasteiger partial charge on any atom is 0.323 e. The lowest BCUT2D eigenvalue weighted by Crippen LogP contribution is -2.52. The molecular formula is C28H25N5O7S. The van der Waals surface area contributed by atoms with Gasteiger partial charge in [-0.3, -0.25) is 18.9 Å². The number of amides is 4. The van der Waals surface area contributed by atoms with Gasteiger partial charge in [0.05, 0.1) is 21.7 Å². The molecule has 0 atom stereocenters. The van der Waals surface area contributed by atoms with E-state index in [1.807, 2.05) is 6.07 Å². The maximum atomic E-state index is 13.2. The quantitative estimate of drug-likeness (QED) is 0.155. The third kappa shape index (κ3) is 5.95. The molecule has 0 unspecified atom stereocenters. The van der Waals surface area contributed by atoms with Crippen molar-refractivity contribution < 1.29 is 32.1 Å². The number of rotatable bonds is 6. The number of hydrogen-bond acceptors (Lipinski definition) is 6. The predicted molar refractivity (Wildman–Crippen MR) is 150 cm³/mol. The SMILES string of the molecule is O=C(Nc1ccc(S(=O)(=O)O)cc1)Nc1cccc2c(C(=O)C(=O)N3CCN(C(=O)c4ccccc4)CC3)c[nH]c12. The highest BCUT2D eigenvalue weighted by Gasteiger charge is 2.30. The third-order valence-electron chi connectivity index (χ3n) is 6.69. The number of benzene rings is 3. The zero-order valence-corrected chi connectivity index (χ0v) is 22.3. The number of carbonyl (C=O) groups excluding carboxylic acids is 4. The van der Waals surface area contributed by atoms with Crippen LogP contribution in [0.5, 0.6) is 0 Å². The Morgan fingerprint density at radius 2 is 1.44 bits per heavy atom. The summed E-state index contributed by atoms with van der Waals surface area (Å²) in [6.45, 7) is 1.07. The highest BCUT2D eigenvalue weighted by molar-refractivity contribution is 7.85. The van der Waals surface area contributed by atoms with Gasteiger partial charge in [-0.15, -0.1) is 0 Å². The first-order valence-electron chi connectivity index (χ1n) is 12.6. The molecule has 0 radical (unpaired) electrons. The maximum absolute atomic E-state index is 13.2. The van der Waals surface area contributed by atoms with E-state index in [-0.39, 0.29) is 35.1 Å². The van der Waals surface area contributed by atoms with Gasteiger partial charge in [0.1, 0.15) is 0 Å². The lowest BCUT2D eigenvalue weighted by molar-refractivity contribution is -0.127. The van der Waals surface area contributed by atoms with Crippen LogP contribution in [0.25, 0.3) is 10.9 Å². The monoisotopic (exact) mass is 575 g/mol. The fourth-order valence-corrected chi connectivity index (χ4v) is 5.06. The van der Waals surface area contributed by atoms with Gasteiger partial charge >= 0.3 is 6.03 Å². The van der Waals surface area contributed by atoms with Gasteiger partial charge < -0.3 is 25.4 Å². The molecule has 0 saturated carbocycles. The fraction of sp³-hybridized carbons (Fsp3) is 0.143. The zero-order valence-electron chi connectivity index (χ0n) is 21.5. The van der Waals surface area contributed by atoms with E-state index >= 15 is 0 Å². The summed E-state index contributed by atoms with van der Waals surface area (Å²) in [6, 6.07) is 18.0. The number of hydrogen-bond donors (Lipinski definition) is 4. The van der Waals surface area contributed by atoms with E-state index in [0.29, 0.717) is 35.2 Å². The van der Waals surface area contributed by atoms with Gasteiger partial charge in [0.2, 0.25) is 0 Å². The molecular weight excluding hydrogens is 550 g/mol. The van der Waals surface area contributed by atoms with Gasteiger partial charge in [-0.25, -0.2) is 4.79 Å². The Balaban J connectivity index is 1.23. The van der Waals surface area contributed by atoms with Crippen LogP contribution in [0.3, 0.4) is 0 Å². The molecule has 0 spiro atoms. The summed E-state index contributed by atoms with van der Waals surface area (Å²) < 4.78 is 31.5. The number of fused-ring (bicyclic) bond motifs is 1. The molecule has 1 aromatic heterocycles. The second-order valence-electron chi connectivity index (χ2n) is 9.29. The van der Waals surface area contributed by atoms with Crippen molar-refractivity contribution in [1.82, 2.24) is 14.8 Å². The predicted octanol–water partition coefficient (Wildman–Crippen LogP) is 3.23. The first kappa shape index (κ1) is 27.6. The normalized spacial score (nSPS) is 13.6. The molecule has 1 saturated heterocycles. The largest absolute Gasteiger partial charge is 0.359 e. The second-order valence-corrected chi connectivity index (χ2v) is 10.7. The molecule has 13 heteroatoms. The van der Waals surface area contributed by atoms with E-state index in [1.54, 1.807) is 47.4 Å². The van der Waals surface area contributed by atoms with Crippen molar-refractivity contribution >= 4 is 56.0 Å². The Bertz CT molecular complexity index is 1740. The number of carbonyl (C=O) groups is 4. The van der Waals surface area contributed by atoms with E-state index in [4.69, 9.17) is 4.55 Å². The Morgan fingerprint density at radius 1 is 0.780 bits per heavy atom. The summed E-state index contributed by atoms with van der Waals surface area (Å²) in [5.74, 6) is -1.51. The minimum Gasteiger partial charge on any atom is -0.359 e. The van der Waals surface area contributed by atoms with Crippen molar-refractivity contribution in [3.63, 3.8) is 0 Å². The number of aromatic nitrogens is 1. The third-order valence-corrected chi connectivity index (χ3v) is 7.56. The minimum atomic E-state index is -4.36. The molecule has 4 aromatic rings. The molecule has 4 N–H and O–H groups in total. The molecule has 41 heavy (non-hydrogen) atoms. The molecule has 12 nitrogen and oxygen atoms in total. The van der Waals surface area contributed by atoms with E-state index < -0.39 is 27.8 Å². The van der Waals surface area contributed by atoms with Crippen LogP contribution in [0.2, 0.25) is 0 Å². The number of nitrogens with zero attached hydrogens (tertiary/aromatic N) is 2. The summed E-state index contributed by atoms with van der Waals surface area (Å²) in [4.78, 5) is 57.2. The average Bonchev–Trinajstić information content (AvgIpc) is 3.41. The van der Waals surface area contributed by atoms with Crippen LogP contribution in [-0.4, -0.2) is 77.6 Å².